The van der Waals surface area contributed by atoms with Gasteiger partial charge in [-0.3, -0.25) is 0 Å². The zero-order valence-corrected chi connectivity index (χ0v) is 7.63. The Morgan fingerprint density at radius 1 is 0.625 bits per heavy atom. The summed E-state index contributed by atoms with van der Waals surface area (Å²) in [5.74, 6) is 1.04. The van der Waals surface area contributed by atoms with Crippen LogP contribution in [-0.2, 0) is 0 Å². The van der Waals surface area contributed by atoms with Crippen molar-refractivity contribution in [2.24, 2.45) is 51.3 Å². The molecule has 0 aliphatic carbocycles. The van der Waals surface area contributed by atoms with Crippen molar-refractivity contribution >= 4 is 11.7 Å². The molecule has 0 saturated carbocycles. The maximum atomic E-state index is 3.59. The lowest BCUT2D eigenvalue weighted by molar-refractivity contribution is 1.08. The van der Waals surface area contributed by atoms with Crippen molar-refractivity contribution in [3.8, 4) is 0 Å². The quantitative estimate of drug-likeness (QED) is 0.586. The van der Waals surface area contributed by atoms with E-state index in [9.17, 15) is 0 Å². The van der Waals surface area contributed by atoms with Gasteiger partial charge in [0.1, 0.15) is 0 Å². The lowest BCUT2D eigenvalue weighted by Crippen LogP contribution is -1.83. The molecular weight excluding hydrogens is 212 g/mol. The maximum Gasteiger partial charge on any atom is 0.227 e. The van der Waals surface area contributed by atoms with E-state index in [1.807, 2.05) is 0 Å². The minimum absolute atomic E-state index is 0.519. The van der Waals surface area contributed by atoms with Crippen LogP contribution in [0.3, 0.4) is 0 Å². The zero-order chi connectivity index (χ0) is 10.8. The minimum Gasteiger partial charge on any atom is -0.154 e. The molecule has 0 aromatic rings. The third-order valence-electron chi connectivity index (χ3n) is 1.71. The van der Waals surface area contributed by atoms with E-state index in [1.54, 1.807) is 0 Å². The van der Waals surface area contributed by atoms with Crippen LogP contribution in [0.25, 0.3) is 0 Å². The number of nitrogens with zero attached hydrogens (tertiary/aromatic N) is 10. The normalized spacial score (nSPS) is 21.0. The predicted molar refractivity (Wildman–Crippen MR) is 50.5 cm³/mol. The van der Waals surface area contributed by atoms with Crippen LogP contribution in [0.15, 0.2) is 75.1 Å². The van der Waals surface area contributed by atoms with Crippen molar-refractivity contribution < 1.29 is 0 Å². The topological polar surface area (TPSA) is 124 Å². The lowest BCUT2D eigenvalue weighted by atomic mass is 10.5. The third-order valence-corrected chi connectivity index (χ3v) is 1.71. The Kier molecular flexibility index (Phi) is 1.82. The highest BCUT2D eigenvalue weighted by Gasteiger charge is 2.15. The van der Waals surface area contributed by atoms with Gasteiger partial charge >= 0.3 is 0 Å². The minimum atomic E-state index is 0.519. The fourth-order valence-electron chi connectivity index (χ4n) is 1.00. The van der Waals surface area contributed by atoms with Crippen LogP contribution < -0.4 is 0 Å². The summed E-state index contributed by atoms with van der Waals surface area (Å²) in [6.45, 7) is 0. The third kappa shape index (κ3) is 1.37. The fraction of sp³-hybridized carbons (Fsp3) is 0. The van der Waals surface area contributed by atoms with Crippen LogP contribution in [0.5, 0.6) is 0 Å². The van der Waals surface area contributed by atoms with E-state index in [1.165, 1.54) is 12.4 Å². The Bertz CT molecular complexity index is 464. The average Bonchev–Trinajstić information content (AvgIpc) is 2.99. The summed E-state index contributed by atoms with van der Waals surface area (Å²) in [6, 6.07) is 0. The second-order valence-corrected chi connectivity index (χ2v) is 2.69. The molecule has 0 aromatic heterocycles. The van der Waals surface area contributed by atoms with Crippen LogP contribution in [0.2, 0.25) is 0 Å². The van der Waals surface area contributed by atoms with Gasteiger partial charge < -0.3 is 0 Å². The van der Waals surface area contributed by atoms with Crippen molar-refractivity contribution in [1.82, 2.24) is 0 Å². The van der Waals surface area contributed by atoms with Crippen molar-refractivity contribution in [3.63, 3.8) is 0 Å². The van der Waals surface area contributed by atoms with Gasteiger partial charge in [0.05, 0.1) is 12.4 Å². The molecule has 0 spiro atoms. The standard InChI is InChI=1S/2C3HN5/c2*1-2-3(6-4-1)7-8-5-2/h2*1H. The van der Waals surface area contributed by atoms with Crippen LogP contribution in [-0.4, -0.2) is 11.7 Å². The van der Waals surface area contributed by atoms with E-state index in [0.29, 0.717) is 23.1 Å². The van der Waals surface area contributed by atoms with Gasteiger partial charge in [0, 0.05) is 0 Å². The Morgan fingerprint density at radius 3 is 1.56 bits per heavy atom. The van der Waals surface area contributed by atoms with Crippen molar-refractivity contribution in [3.05, 3.63) is 23.8 Å². The molecule has 0 bridgehead atoms. The molecule has 0 radical (unpaired) electrons. The number of azo groups is 2. The van der Waals surface area contributed by atoms with Gasteiger partial charge in [0.2, 0.25) is 11.7 Å². The molecular formula is C6H2N10. The van der Waals surface area contributed by atoms with E-state index in [-0.39, 0.29) is 0 Å². The molecule has 0 saturated heterocycles. The van der Waals surface area contributed by atoms with Gasteiger partial charge in [-0.25, -0.2) is 0 Å². The summed E-state index contributed by atoms with van der Waals surface area (Å²) in [6.07, 6.45) is 3.05. The number of fused-ring (bicyclic) bond motifs is 2. The molecule has 0 N–H and O–H groups in total. The van der Waals surface area contributed by atoms with Gasteiger partial charge in [0.15, 0.2) is 11.4 Å². The van der Waals surface area contributed by atoms with Gasteiger partial charge in [0.25, 0.3) is 0 Å². The Labute approximate surface area is 87.7 Å². The smallest absolute Gasteiger partial charge is 0.154 e. The molecule has 0 fully saturated rings. The van der Waals surface area contributed by atoms with Crippen molar-refractivity contribution in [2.75, 3.05) is 0 Å². The molecule has 4 heterocycles. The molecule has 10 heteroatoms. The lowest BCUT2D eigenvalue weighted by Gasteiger charge is -1.73. The Hall–Kier alpha value is -2.78. The first-order chi connectivity index (χ1) is 7.93. The summed E-state index contributed by atoms with van der Waals surface area (Å²) in [5, 5.41) is 35.3. The van der Waals surface area contributed by atoms with Crippen molar-refractivity contribution in [2.45, 2.75) is 0 Å². The highest BCUT2D eigenvalue weighted by atomic mass is 15.5. The molecule has 0 amide bonds. The number of rotatable bonds is 0. The molecule has 76 valence electrons. The summed E-state index contributed by atoms with van der Waals surface area (Å²) in [4.78, 5) is 0. The molecule has 10 nitrogen and oxygen atoms in total. The number of hydrogen-bond donors (Lipinski definition) is 0. The Morgan fingerprint density at radius 2 is 1.12 bits per heavy atom. The largest absolute Gasteiger partial charge is 0.227 e. The summed E-state index contributed by atoms with van der Waals surface area (Å²) in [7, 11) is 0. The van der Waals surface area contributed by atoms with E-state index >= 15 is 0 Å². The average molecular weight is 214 g/mol. The van der Waals surface area contributed by atoms with Gasteiger partial charge in [-0.2, -0.15) is 10.2 Å². The first-order valence-corrected chi connectivity index (χ1v) is 4.14. The summed E-state index contributed by atoms with van der Waals surface area (Å²) >= 11 is 0. The number of hydrogen-bond acceptors (Lipinski definition) is 10. The zero-order valence-electron chi connectivity index (χ0n) is 7.63. The molecule has 4 aliphatic rings. The van der Waals surface area contributed by atoms with E-state index in [4.69, 9.17) is 0 Å². The van der Waals surface area contributed by atoms with E-state index in [0.717, 1.165) is 0 Å². The molecule has 4 aliphatic heterocycles. The predicted octanol–water partition coefficient (Wildman–Crippen LogP) is 2.15. The molecule has 4 rings (SSSR count). The van der Waals surface area contributed by atoms with Gasteiger partial charge in [-0.15, -0.1) is 30.7 Å². The van der Waals surface area contributed by atoms with E-state index < -0.39 is 0 Å². The second-order valence-electron chi connectivity index (χ2n) is 2.69. The maximum absolute atomic E-state index is 3.59. The first-order valence-electron chi connectivity index (χ1n) is 4.14. The van der Waals surface area contributed by atoms with E-state index in [2.05, 4.69) is 51.3 Å². The van der Waals surface area contributed by atoms with Crippen LogP contribution in [0.4, 0.5) is 0 Å². The molecule has 0 unspecified atom stereocenters. The molecule has 0 aromatic carbocycles. The monoisotopic (exact) mass is 214 g/mol. The summed E-state index contributed by atoms with van der Waals surface area (Å²) < 4.78 is 0. The van der Waals surface area contributed by atoms with Crippen LogP contribution in [0, 0.1) is 0 Å². The van der Waals surface area contributed by atoms with Gasteiger partial charge in [-0.05, 0) is 10.4 Å². The van der Waals surface area contributed by atoms with Crippen LogP contribution in [0.1, 0.15) is 0 Å². The molecule has 0 atom stereocenters. The molecule has 16 heavy (non-hydrogen) atoms. The second kappa shape index (κ2) is 3.42. The fourth-order valence-corrected chi connectivity index (χ4v) is 1.00. The highest BCUT2D eigenvalue weighted by molar-refractivity contribution is 6.00. The first kappa shape index (κ1) is 8.52. The Balaban J connectivity index is 0.000000101. The summed E-state index contributed by atoms with van der Waals surface area (Å²) in [5.41, 5.74) is 1.31. The number of amidine groups is 2. The van der Waals surface area contributed by atoms with Gasteiger partial charge in [-0.1, -0.05) is 0 Å². The van der Waals surface area contributed by atoms with Crippen molar-refractivity contribution in [1.29, 1.82) is 0 Å². The SMILES string of the molecule is C1=C2N=NN=C2N=N1.C1=C2N=NN=C2N=N1. The van der Waals surface area contributed by atoms with Crippen LogP contribution >= 0.6 is 0 Å². The highest BCUT2D eigenvalue weighted by Crippen LogP contribution is 2.16.